The molecular formula is C18H18ClN3O7S. The number of aryl methyl sites for hydroxylation is 1. The minimum atomic E-state index is -3.72. The number of halogens is 1. The predicted octanol–water partition coefficient (Wildman–Crippen LogP) is 2.60. The summed E-state index contributed by atoms with van der Waals surface area (Å²) >= 11 is 5.86. The number of nitro benzene ring substituents is 1. The Morgan fingerprint density at radius 1 is 1.20 bits per heavy atom. The molecule has 1 amide bonds. The monoisotopic (exact) mass is 455 g/mol. The molecule has 0 aromatic heterocycles. The number of non-ortho nitro benzene ring substituents is 1. The summed E-state index contributed by atoms with van der Waals surface area (Å²) in [5.41, 5.74) is 0.0716. The summed E-state index contributed by atoms with van der Waals surface area (Å²) in [5.74, 6) is -1.75. The summed E-state index contributed by atoms with van der Waals surface area (Å²) in [4.78, 5) is 34.3. The van der Waals surface area contributed by atoms with Crippen LogP contribution in [0.2, 0.25) is 5.02 Å². The van der Waals surface area contributed by atoms with Gasteiger partial charge in [0.1, 0.15) is 0 Å². The number of benzene rings is 2. The Morgan fingerprint density at radius 2 is 1.87 bits per heavy atom. The van der Waals surface area contributed by atoms with Gasteiger partial charge in [0.15, 0.2) is 6.61 Å². The minimum absolute atomic E-state index is 0.0191. The molecule has 0 unspecified atom stereocenters. The number of carbonyl (C=O) groups is 2. The molecule has 0 saturated heterocycles. The highest BCUT2D eigenvalue weighted by Crippen LogP contribution is 2.24. The Hall–Kier alpha value is -3.02. The van der Waals surface area contributed by atoms with Gasteiger partial charge >= 0.3 is 5.97 Å². The molecule has 1 N–H and O–H groups in total. The number of rotatable bonds is 7. The number of anilines is 1. The van der Waals surface area contributed by atoms with Crippen molar-refractivity contribution >= 4 is 44.9 Å². The van der Waals surface area contributed by atoms with Crippen LogP contribution in [0.1, 0.15) is 15.9 Å². The number of sulfonamides is 1. The van der Waals surface area contributed by atoms with Crippen molar-refractivity contribution in [2.24, 2.45) is 0 Å². The molecule has 0 fully saturated rings. The summed E-state index contributed by atoms with van der Waals surface area (Å²) in [5, 5.41) is 13.2. The number of hydrogen-bond donors (Lipinski definition) is 1. The van der Waals surface area contributed by atoms with E-state index in [1.54, 1.807) is 6.92 Å². The van der Waals surface area contributed by atoms with E-state index in [0.717, 1.165) is 16.4 Å². The van der Waals surface area contributed by atoms with Gasteiger partial charge in [-0.2, -0.15) is 0 Å². The van der Waals surface area contributed by atoms with Crippen molar-refractivity contribution in [1.82, 2.24) is 4.31 Å². The Kier molecular flexibility index (Phi) is 7.13. The number of nitrogens with zero attached hydrogens (tertiary/aromatic N) is 2. The first-order valence-corrected chi connectivity index (χ1v) is 10.2. The number of nitrogens with one attached hydrogen (secondary N) is 1. The topological polar surface area (TPSA) is 136 Å². The van der Waals surface area contributed by atoms with Gasteiger partial charge in [-0.25, -0.2) is 17.5 Å². The largest absolute Gasteiger partial charge is 0.452 e. The molecule has 2 aromatic rings. The lowest BCUT2D eigenvalue weighted by Crippen LogP contribution is -2.24. The van der Waals surface area contributed by atoms with Gasteiger partial charge < -0.3 is 10.1 Å². The van der Waals surface area contributed by atoms with E-state index in [1.165, 1.54) is 38.4 Å². The lowest BCUT2D eigenvalue weighted by Gasteiger charge is -2.15. The first-order chi connectivity index (χ1) is 13.9. The third-order valence-electron chi connectivity index (χ3n) is 3.95. The van der Waals surface area contributed by atoms with Crippen molar-refractivity contribution in [3.63, 3.8) is 0 Å². The highest BCUT2D eigenvalue weighted by Gasteiger charge is 2.21. The van der Waals surface area contributed by atoms with E-state index in [2.05, 4.69) is 5.32 Å². The maximum atomic E-state index is 12.4. The summed E-state index contributed by atoms with van der Waals surface area (Å²) < 4.78 is 30.6. The summed E-state index contributed by atoms with van der Waals surface area (Å²) in [6.07, 6.45) is 0. The van der Waals surface area contributed by atoms with Crippen molar-refractivity contribution < 1.29 is 27.7 Å². The number of nitro groups is 1. The van der Waals surface area contributed by atoms with Crippen LogP contribution in [0.4, 0.5) is 11.4 Å². The van der Waals surface area contributed by atoms with E-state index in [1.807, 2.05) is 0 Å². The molecule has 12 heteroatoms. The second-order valence-corrected chi connectivity index (χ2v) is 8.84. The molecule has 10 nitrogen and oxygen atoms in total. The standard InChI is InChI=1S/C18H18ClN3O7S/c1-11-4-5-12(8-16(11)30(27,28)21(2)3)20-17(23)10-29-18(24)14-9-13(22(25)26)6-7-15(14)19/h4-9H,10H2,1-3H3,(H,20,23). The number of ether oxygens (including phenoxy) is 1. The second kappa shape index (κ2) is 9.20. The number of esters is 1. The lowest BCUT2D eigenvalue weighted by molar-refractivity contribution is -0.384. The van der Waals surface area contributed by atoms with E-state index in [0.29, 0.717) is 5.56 Å². The molecule has 0 aliphatic rings. The van der Waals surface area contributed by atoms with Crippen LogP contribution in [0.3, 0.4) is 0 Å². The summed E-state index contributed by atoms with van der Waals surface area (Å²) in [7, 11) is -0.942. The molecule has 0 radical (unpaired) electrons. The predicted molar refractivity (Wildman–Crippen MR) is 109 cm³/mol. The van der Waals surface area contributed by atoms with Gasteiger partial charge in [-0.15, -0.1) is 0 Å². The van der Waals surface area contributed by atoms with Crippen molar-refractivity contribution in [2.75, 3.05) is 26.0 Å². The molecule has 0 saturated carbocycles. The summed E-state index contributed by atoms with van der Waals surface area (Å²) in [6.45, 7) is 0.911. The van der Waals surface area contributed by atoms with Gasteiger partial charge in [-0.1, -0.05) is 17.7 Å². The second-order valence-electron chi connectivity index (χ2n) is 6.31. The molecule has 0 heterocycles. The highest BCUT2D eigenvalue weighted by atomic mass is 35.5. The Labute approximate surface area is 177 Å². The third kappa shape index (κ3) is 5.32. The maximum Gasteiger partial charge on any atom is 0.340 e. The van der Waals surface area contributed by atoms with E-state index < -0.39 is 33.4 Å². The Bertz CT molecular complexity index is 1120. The van der Waals surface area contributed by atoms with Crippen LogP contribution >= 0.6 is 11.6 Å². The van der Waals surface area contributed by atoms with E-state index >= 15 is 0 Å². The average Bonchev–Trinajstić information content (AvgIpc) is 2.67. The van der Waals surface area contributed by atoms with Crippen molar-refractivity contribution in [3.8, 4) is 0 Å². The van der Waals surface area contributed by atoms with Crippen LogP contribution in [-0.4, -0.2) is 50.2 Å². The first kappa shape index (κ1) is 23.3. The van der Waals surface area contributed by atoms with Gasteiger partial charge in [-0.3, -0.25) is 14.9 Å². The summed E-state index contributed by atoms with van der Waals surface area (Å²) in [6, 6.07) is 7.57. The fraction of sp³-hybridized carbons (Fsp3) is 0.222. The van der Waals surface area contributed by atoms with E-state index in [4.69, 9.17) is 16.3 Å². The molecule has 2 aromatic carbocycles. The van der Waals surface area contributed by atoms with Crippen LogP contribution < -0.4 is 5.32 Å². The molecule has 0 aliphatic heterocycles. The van der Waals surface area contributed by atoms with Gasteiger partial charge in [0, 0.05) is 31.9 Å². The number of amides is 1. The van der Waals surface area contributed by atoms with Gasteiger partial charge in [0.05, 0.1) is 20.4 Å². The van der Waals surface area contributed by atoms with Gasteiger partial charge in [0.25, 0.3) is 11.6 Å². The molecule has 0 aliphatic carbocycles. The molecule has 160 valence electrons. The molecule has 2 rings (SSSR count). The van der Waals surface area contributed by atoms with Crippen molar-refractivity contribution in [3.05, 3.63) is 62.7 Å². The Balaban J connectivity index is 2.10. The number of carbonyl (C=O) groups excluding carboxylic acids is 2. The quantitative estimate of drug-likeness (QED) is 0.385. The molecule has 0 atom stereocenters. The van der Waals surface area contributed by atoms with Crippen molar-refractivity contribution in [2.45, 2.75) is 11.8 Å². The first-order valence-electron chi connectivity index (χ1n) is 8.37. The van der Waals surface area contributed by atoms with Crippen LogP contribution in [0.5, 0.6) is 0 Å². The lowest BCUT2D eigenvalue weighted by atomic mass is 10.2. The van der Waals surface area contributed by atoms with E-state index in [9.17, 15) is 28.1 Å². The van der Waals surface area contributed by atoms with Crippen LogP contribution in [-0.2, 0) is 19.6 Å². The fourth-order valence-corrected chi connectivity index (χ4v) is 3.68. The average molecular weight is 456 g/mol. The van der Waals surface area contributed by atoms with Gasteiger partial charge in [0.2, 0.25) is 10.0 Å². The highest BCUT2D eigenvalue weighted by molar-refractivity contribution is 7.89. The molecule has 0 bridgehead atoms. The zero-order chi connectivity index (χ0) is 22.6. The molecule has 30 heavy (non-hydrogen) atoms. The van der Waals surface area contributed by atoms with Crippen molar-refractivity contribution in [1.29, 1.82) is 0 Å². The third-order valence-corrected chi connectivity index (χ3v) is 6.23. The zero-order valence-corrected chi connectivity index (χ0v) is 17.8. The van der Waals surface area contributed by atoms with Gasteiger partial charge in [-0.05, 0) is 30.7 Å². The Morgan fingerprint density at radius 3 is 2.47 bits per heavy atom. The smallest absolute Gasteiger partial charge is 0.340 e. The van der Waals surface area contributed by atoms with Crippen LogP contribution in [0.25, 0.3) is 0 Å². The molecular weight excluding hydrogens is 438 g/mol. The minimum Gasteiger partial charge on any atom is -0.452 e. The van der Waals surface area contributed by atoms with Crippen LogP contribution in [0, 0.1) is 17.0 Å². The zero-order valence-electron chi connectivity index (χ0n) is 16.2. The molecule has 0 spiro atoms. The SMILES string of the molecule is Cc1ccc(NC(=O)COC(=O)c2cc([N+](=O)[O-])ccc2Cl)cc1S(=O)(=O)N(C)C. The number of hydrogen-bond acceptors (Lipinski definition) is 7. The fourth-order valence-electron chi connectivity index (χ4n) is 2.34. The normalized spacial score (nSPS) is 11.2. The van der Waals surface area contributed by atoms with Crippen LogP contribution in [0.15, 0.2) is 41.3 Å². The maximum absolute atomic E-state index is 12.4. The van der Waals surface area contributed by atoms with E-state index in [-0.39, 0.29) is 26.9 Å².